The summed E-state index contributed by atoms with van der Waals surface area (Å²) in [6.07, 6.45) is -4.58. The standard InChI is InChI=1S/C20H17F3N2O4S/c1-3-29-14-7-8-15-16(10-14)30-19(25(15)11-17(26)28-2)24-18(27)12-5-4-6-13(9-12)20(21,22)23/h4-10H,3,11H2,1-2H3. The van der Waals surface area contributed by atoms with Crippen LogP contribution in [0.4, 0.5) is 13.2 Å². The van der Waals surface area contributed by atoms with Gasteiger partial charge in [0.15, 0.2) is 4.80 Å². The van der Waals surface area contributed by atoms with Crippen LogP contribution in [0.2, 0.25) is 0 Å². The molecule has 3 rings (SSSR count). The summed E-state index contributed by atoms with van der Waals surface area (Å²) in [7, 11) is 1.23. The Morgan fingerprint density at radius 3 is 2.60 bits per heavy atom. The fourth-order valence-corrected chi connectivity index (χ4v) is 3.78. The molecule has 1 heterocycles. The third-order valence-electron chi connectivity index (χ3n) is 4.11. The molecule has 30 heavy (non-hydrogen) atoms. The monoisotopic (exact) mass is 438 g/mol. The zero-order valence-electron chi connectivity index (χ0n) is 16.0. The lowest BCUT2D eigenvalue weighted by Crippen LogP contribution is -2.22. The highest BCUT2D eigenvalue weighted by molar-refractivity contribution is 7.16. The minimum atomic E-state index is -4.58. The predicted molar refractivity (Wildman–Crippen MR) is 104 cm³/mol. The summed E-state index contributed by atoms with van der Waals surface area (Å²) in [5.74, 6) is -0.805. The van der Waals surface area contributed by atoms with Crippen LogP contribution in [-0.2, 0) is 22.3 Å². The quantitative estimate of drug-likeness (QED) is 0.564. The Morgan fingerprint density at radius 2 is 1.93 bits per heavy atom. The van der Waals surface area contributed by atoms with Crippen molar-refractivity contribution in [2.45, 2.75) is 19.6 Å². The molecule has 3 aromatic rings. The van der Waals surface area contributed by atoms with Gasteiger partial charge in [0.2, 0.25) is 0 Å². The van der Waals surface area contributed by atoms with Crippen LogP contribution in [0.15, 0.2) is 47.5 Å². The number of methoxy groups -OCH3 is 1. The summed E-state index contributed by atoms with van der Waals surface area (Å²) in [5.41, 5.74) is -0.532. The normalized spacial score (nSPS) is 12.2. The lowest BCUT2D eigenvalue weighted by molar-refractivity contribution is -0.141. The Hall–Kier alpha value is -3.14. The van der Waals surface area contributed by atoms with E-state index in [-0.39, 0.29) is 16.9 Å². The van der Waals surface area contributed by atoms with Crippen molar-refractivity contribution in [2.24, 2.45) is 4.99 Å². The molecule has 0 aliphatic carbocycles. The van der Waals surface area contributed by atoms with Crippen molar-refractivity contribution in [2.75, 3.05) is 13.7 Å². The van der Waals surface area contributed by atoms with Crippen LogP contribution < -0.4 is 9.54 Å². The van der Waals surface area contributed by atoms with Crippen LogP contribution in [0.25, 0.3) is 10.2 Å². The van der Waals surface area contributed by atoms with E-state index in [2.05, 4.69) is 4.99 Å². The number of carbonyl (C=O) groups excluding carboxylic acids is 2. The molecular weight excluding hydrogens is 421 g/mol. The number of nitrogens with zero attached hydrogens (tertiary/aromatic N) is 2. The van der Waals surface area contributed by atoms with Crippen LogP contribution in [0.3, 0.4) is 0 Å². The smallest absolute Gasteiger partial charge is 0.416 e. The number of amides is 1. The maximum atomic E-state index is 12.9. The lowest BCUT2D eigenvalue weighted by atomic mass is 10.1. The van der Waals surface area contributed by atoms with Gasteiger partial charge < -0.3 is 14.0 Å². The summed E-state index contributed by atoms with van der Waals surface area (Å²) >= 11 is 1.11. The van der Waals surface area contributed by atoms with Crippen molar-refractivity contribution in [3.63, 3.8) is 0 Å². The zero-order valence-corrected chi connectivity index (χ0v) is 16.8. The molecule has 0 aliphatic rings. The second kappa shape index (κ2) is 8.70. The van der Waals surface area contributed by atoms with E-state index >= 15 is 0 Å². The number of fused-ring (bicyclic) bond motifs is 1. The molecule has 1 aromatic heterocycles. The zero-order chi connectivity index (χ0) is 21.9. The molecular formula is C20H17F3N2O4S. The van der Waals surface area contributed by atoms with Gasteiger partial charge >= 0.3 is 12.1 Å². The van der Waals surface area contributed by atoms with Gasteiger partial charge in [0.25, 0.3) is 5.91 Å². The van der Waals surface area contributed by atoms with E-state index < -0.39 is 23.6 Å². The van der Waals surface area contributed by atoms with Crippen LogP contribution in [-0.4, -0.2) is 30.2 Å². The van der Waals surface area contributed by atoms with Crippen molar-refractivity contribution in [3.05, 3.63) is 58.4 Å². The van der Waals surface area contributed by atoms with E-state index in [4.69, 9.17) is 9.47 Å². The maximum absolute atomic E-state index is 12.9. The van der Waals surface area contributed by atoms with Gasteiger partial charge in [-0.15, -0.1) is 0 Å². The SMILES string of the molecule is CCOc1ccc2c(c1)sc(=NC(=O)c1cccc(C(F)(F)F)c1)n2CC(=O)OC. The van der Waals surface area contributed by atoms with E-state index in [9.17, 15) is 22.8 Å². The van der Waals surface area contributed by atoms with Crippen molar-refractivity contribution in [1.29, 1.82) is 0 Å². The van der Waals surface area contributed by atoms with Crippen molar-refractivity contribution in [3.8, 4) is 5.75 Å². The van der Waals surface area contributed by atoms with Crippen LogP contribution in [0.5, 0.6) is 5.75 Å². The number of hydrogen-bond acceptors (Lipinski definition) is 5. The first kappa shape index (κ1) is 21.6. The molecule has 0 atom stereocenters. The molecule has 6 nitrogen and oxygen atoms in total. The van der Waals surface area contributed by atoms with Crippen molar-refractivity contribution < 1.29 is 32.2 Å². The van der Waals surface area contributed by atoms with Gasteiger partial charge in [-0.3, -0.25) is 9.59 Å². The topological polar surface area (TPSA) is 69.9 Å². The molecule has 10 heteroatoms. The van der Waals surface area contributed by atoms with Gasteiger partial charge in [-0.2, -0.15) is 18.2 Å². The Labute approximate surface area is 173 Å². The number of esters is 1. The minimum absolute atomic E-state index is 0.159. The number of aromatic nitrogens is 1. The number of halogens is 3. The average molecular weight is 438 g/mol. The average Bonchev–Trinajstić information content (AvgIpc) is 3.03. The summed E-state index contributed by atoms with van der Waals surface area (Å²) in [4.78, 5) is 28.5. The summed E-state index contributed by atoms with van der Waals surface area (Å²) in [6.45, 7) is 2.09. The van der Waals surface area contributed by atoms with E-state index in [0.29, 0.717) is 22.6 Å². The Kier molecular flexibility index (Phi) is 6.25. The fourth-order valence-electron chi connectivity index (χ4n) is 2.72. The van der Waals surface area contributed by atoms with Gasteiger partial charge in [0.05, 0.1) is 29.5 Å². The highest BCUT2D eigenvalue weighted by atomic mass is 32.1. The largest absolute Gasteiger partial charge is 0.494 e. The third kappa shape index (κ3) is 4.70. The highest BCUT2D eigenvalue weighted by Crippen LogP contribution is 2.29. The molecule has 0 N–H and O–H groups in total. The molecule has 1 amide bonds. The maximum Gasteiger partial charge on any atom is 0.416 e. The summed E-state index contributed by atoms with van der Waals surface area (Å²) in [6, 6.07) is 9.20. The molecule has 0 fully saturated rings. The number of rotatable bonds is 5. The minimum Gasteiger partial charge on any atom is -0.494 e. The summed E-state index contributed by atoms with van der Waals surface area (Å²) < 4.78 is 51.2. The van der Waals surface area contributed by atoms with Crippen LogP contribution in [0, 0.1) is 0 Å². The first-order valence-corrected chi connectivity index (χ1v) is 9.64. The molecule has 0 unspecified atom stereocenters. The van der Waals surface area contributed by atoms with Gasteiger partial charge in [-0.1, -0.05) is 17.4 Å². The van der Waals surface area contributed by atoms with Crippen molar-refractivity contribution in [1.82, 2.24) is 4.57 Å². The first-order valence-electron chi connectivity index (χ1n) is 8.82. The highest BCUT2D eigenvalue weighted by Gasteiger charge is 2.30. The van der Waals surface area contributed by atoms with E-state index in [1.54, 1.807) is 18.2 Å². The number of benzene rings is 2. The molecule has 0 saturated heterocycles. The molecule has 0 aliphatic heterocycles. The second-order valence-electron chi connectivity index (χ2n) is 6.10. The molecule has 158 valence electrons. The van der Waals surface area contributed by atoms with Crippen LogP contribution >= 0.6 is 11.3 Å². The molecule has 0 saturated carbocycles. The van der Waals surface area contributed by atoms with Gasteiger partial charge in [0.1, 0.15) is 12.3 Å². The fraction of sp³-hybridized carbons (Fsp3) is 0.250. The Bertz CT molecular complexity index is 1160. The van der Waals surface area contributed by atoms with E-state index in [1.807, 2.05) is 6.92 Å². The van der Waals surface area contributed by atoms with Gasteiger partial charge in [0, 0.05) is 5.56 Å². The predicted octanol–water partition coefficient (Wildman–Crippen LogP) is 4.03. The first-order chi connectivity index (χ1) is 14.2. The molecule has 0 radical (unpaired) electrons. The number of hydrogen-bond donors (Lipinski definition) is 0. The summed E-state index contributed by atoms with van der Waals surface area (Å²) in [5, 5.41) is 0. The third-order valence-corrected chi connectivity index (χ3v) is 5.16. The van der Waals surface area contributed by atoms with Crippen molar-refractivity contribution >= 4 is 33.4 Å². The van der Waals surface area contributed by atoms with E-state index in [0.717, 1.165) is 29.5 Å². The molecule has 2 aromatic carbocycles. The Balaban J connectivity index is 2.11. The Morgan fingerprint density at radius 1 is 1.17 bits per heavy atom. The number of thiazole rings is 1. The molecule has 0 bridgehead atoms. The number of ether oxygens (including phenoxy) is 2. The van der Waals surface area contributed by atoms with Gasteiger partial charge in [-0.05, 0) is 43.3 Å². The lowest BCUT2D eigenvalue weighted by Gasteiger charge is -2.07. The second-order valence-corrected chi connectivity index (χ2v) is 7.11. The van der Waals surface area contributed by atoms with E-state index in [1.165, 1.54) is 17.7 Å². The van der Waals surface area contributed by atoms with Gasteiger partial charge in [-0.25, -0.2) is 0 Å². The number of alkyl halides is 3. The van der Waals surface area contributed by atoms with Crippen LogP contribution in [0.1, 0.15) is 22.8 Å². The number of carbonyl (C=O) groups is 2. The molecule has 0 spiro atoms.